The van der Waals surface area contributed by atoms with Crippen LogP contribution in [0.3, 0.4) is 0 Å². The van der Waals surface area contributed by atoms with Gasteiger partial charge in [-0.25, -0.2) is 0 Å². The monoisotopic (exact) mass is 429 g/mol. The van der Waals surface area contributed by atoms with E-state index in [2.05, 4.69) is 5.32 Å². The maximum absolute atomic E-state index is 13.0. The average molecular weight is 430 g/mol. The highest BCUT2D eigenvalue weighted by atomic mass is 32.2. The van der Waals surface area contributed by atoms with Crippen LogP contribution in [0, 0.1) is 30.1 Å². The smallest absolute Gasteiger partial charge is 0.319 e. The largest absolute Gasteiger partial charge is 0.457 e. The molecule has 1 aromatic rings. The lowest BCUT2D eigenvalue weighted by Gasteiger charge is -2.55. The molecule has 0 saturated heterocycles. The van der Waals surface area contributed by atoms with Crippen LogP contribution in [-0.2, 0) is 19.1 Å². The molecule has 0 spiro atoms. The molecular formula is C24H31NO4S. The normalized spacial score (nSPS) is 30.0. The van der Waals surface area contributed by atoms with Crippen molar-refractivity contribution < 1.29 is 19.1 Å². The third kappa shape index (κ3) is 4.74. The van der Waals surface area contributed by atoms with Gasteiger partial charge in [0.15, 0.2) is 12.4 Å². The molecule has 1 amide bonds. The summed E-state index contributed by atoms with van der Waals surface area (Å²) in [6, 6.07) is 7.57. The Labute approximate surface area is 182 Å². The van der Waals surface area contributed by atoms with Crippen molar-refractivity contribution in [1.29, 1.82) is 0 Å². The fraction of sp³-hybridized carbons (Fsp3) is 0.625. The number of hydrogen-bond acceptors (Lipinski definition) is 5. The molecule has 4 aliphatic rings. The zero-order valence-electron chi connectivity index (χ0n) is 17.8. The maximum Gasteiger partial charge on any atom is 0.319 e. The van der Waals surface area contributed by atoms with Gasteiger partial charge in [-0.15, -0.1) is 11.8 Å². The van der Waals surface area contributed by atoms with Crippen LogP contribution in [0.2, 0.25) is 0 Å². The summed E-state index contributed by atoms with van der Waals surface area (Å²) in [4.78, 5) is 37.4. The second-order valence-electron chi connectivity index (χ2n) is 9.60. The molecule has 1 aromatic carbocycles. The highest BCUT2D eigenvalue weighted by Crippen LogP contribution is 2.60. The van der Waals surface area contributed by atoms with Crippen molar-refractivity contribution in [3.63, 3.8) is 0 Å². The first-order valence-electron chi connectivity index (χ1n) is 11.0. The van der Waals surface area contributed by atoms with E-state index in [9.17, 15) is 14.4 Å². The number of ether oxygens (including phenoxy) is 1. The summed E-state index contributed by atoms with van der Waals surface area (Å²) in [6.07, 6.45) is 6.80. The quantitative estimate of drug-likeness (QED) is 0.621. The molecule has 30 heavy (non-hydrogen) atoms. The standard InChI is InChI=1S/C24H31NO4S/c1-15-3-5-20(6-4-15)25-22(27)14-30-16(2)23(28)29-13-21(26)24-10-17-7-18(11-24)9-19(8-17)12-24/h3-6,16-19H,7-14H2,1-2H3,(H,25,27)/t16-,17?,18?,19?,24?/m0/s1. The van der Waals surface area contributed by atoms with Gasteiger partial charge in [0.05, 0.1) is 5.75 Å². The van der Waals surface area contributed by atoms with Gasteiger partial charge in [-0.1, -0.05) is 17.7 Å². The molecule has 4 fully saturated rings. The van der Waals surface area contributed by atoms with E-state index in [0.29, 0.717) is 17.8 Å². The highest BCUT2D eigenvalue weighted by Gasteiger charge is 2.54. The summed E-state index contributed by atoms with van der Waals surface area (Å²) in [7, 11) is 0. The summed E-state index contributed by atoms with van der Waals surface area (Å²) >= 11 is 1.23. The Balaban J connectivity index is 1.20. The number of carbonyl (C=O) groups is 3. The lowest BCUT2D eigenvalue weighted by molar-refractivity contribution is -0.157. The molecule has 5 nitrogen and oxygen atoms in total. The zero-order valence-corrected chi connectivity index (χ0v) is 18.6. The van der Waals surface area contributed by atoms with E-state index in [1.165, 1.54) is 31.0 Å². The molecular weight excluding hydrogens is 398 g/mol. The van der Waals surface area contributed by atoms with Crippen molar-refractivity contribution in [3.8, 4) is 0 Å². The third-order valence-electron chi connectivity index (χ3n) is 7.11. The van der Waals surface area contributed by atoms with E-state index in [4.69, 9.17) is 4.74 Å². The number of rotatable bonds is 8. The number of carbonyl (C=O) groups excluding carboxylic acids is 3. The lowest BCUT2D eigenvalue weighted by atomic mass is 9.48. The van der Waals surface area contributed by atoms with Crippen LogP contribution < -0.4 is 5.32 Å². The van der Waals surface area contributed by atoms with Crippen molar-refractivity contribution in [1.82, 2.24) is 0 Å². The zero-order chi connectivity index (χ0) is 21.3. The average Bonchev–Trinajstić information content (AvgIpc) is 2.70. The molecule has 0 heterocycles. The van der Waals surface area contributed by atoms with Gasteiger partial charge in [0.25, 0.3) is 0 Å². The molecule has 0 radical (unpaired) electrons. The second-order valence-corrected chi connectivity index (χ2v) is 10.9. The van der Waals surface area contributed by atoms with Crippen molar-refractivity contribution in [2.75, 3.05) is 17.7 Å². The van der Waals surface area contributed by atoms with Crippen LogP contribution in [-0.4, -0.2) is 35.3 Å². The number of Topliss-reactive ketones (excluding diaryl/α,β-unsaturated/α-hetero) is 1. The van der Waals surface area contributed by atoms with Crippen LogP contribution in [0.4, 0.5) is 5.69 Å². The number of nitrogens with one attached hydrogen (secondary N) is 1. The predicted octanol–water partition coefficient (Wildman–Crippen LogP) is 4.38. The minimum absolute atomic E-state index is 0.115. The summed E-state index contributed by atoms with van der Waals surface area (Å²) in [5, 5.41) is 2.33. The Morgan fingerprint density at radius 1 is 1.07 bits per heavy atom. The van der Waals surface area contributed by atoms with Crippen molar-refractivity contribution in [3.05, 3.63) is 29.8 Å². The number of hydrogen-bond donors (Lipinski definition) is 1. The second kappa shape index (κ2) is 8.74. The number of amides is 1. The van der Waals surface area contributed by atoms with E-state index in [0.717, 1.165) is 30.5 Å². The van der Waals surface area contributed by atoms with Crippen LogP contribution in [0.15, 0.2) is 24.3 Å². The van der Waals surface area contributed by atoms with E-state index in [-0.39, 0.29) is 29.5 Å². The van der Waals surface area contributed by atoms with Crippen LogP contribution in [0.1, 0.15) is 51.0 Å². The fourth-order valence-electron chi connectivity index (χ4n) is 5.96. The first-order valence-corrected chi connectivity index (χ1v) is 12.1. The van der Waals surface area contributed by atoms with E-state index < -0.39 is 11.2 Å². The lowest BCUT2D eigenvalue weighted by Crippen LogP contribution is -2.51. The van der Waals surface area contributed by atoms with Crippen molar-refractivity contribution >= 4 is 35.1 Å². The van der Waals surface area contributed by atoms with E-state index in [1.807, 2.05) is 31.2 Å². The summed E-state index contributed by atoms with van der Waals surface area (Å²) in [5.74, 6) is 1.78. The van der Waals surface area contributed by atoms with Gasteiger partial charge in [-0.05, 0) is 82.3 Å². The molecule has 4 saturated carbocycles. The Bertz CT molecular complexity index is 784. The SMILES string of the molecule is Cc1ccc(NC(=O)CS[C@@H](C)C(=O)OCC(=O)C23CC4CC(CC(C4)C2)C3)cc1. The number of anilines is 1. The molecule has 4 bridgehead atoms. The third-order valence-corrected chi connectivity index (χ3v) is 8.23. The van der Waals surface area contributed by atoms with E-state index >= 15 is 0 Å². The minimum atomic E-state index is -0.488. The molecule has 6 heteroatoms. The first-order chi connectivity index (χ1) is 14.3. The molecule has 162 valence electrons. The molecule has 0 aliphatic heterocycles. The van der Waals surface area contributed by atoms with Gasteiger partial charge >= 0.3 is 5.97 Å². The number of esters is 1. The number of ketones is 1. The number of aryl methyl sites for hydroxylation is 1. The fourth-order valence-corrected chi connectivity index (χ4v) is 6.64. The number of thioether (sulfide) groups is 1. The topological polar surface area (TPSA) is 72.5 Å². The number of benzene rings is 1. The molecule has 0 unspecified atom stereocenters. The predicted molar refractivity (Wildman–Crippen MR) is 118 cm³/mol. The Hall–Kier alpha value is -1.82. The van der Waals surface area contributed by atoms with Gasteiger partial charge in [-0.2, -0.15) is 0 Å². The summed E-state index contributed by atoms with van der Waals surface area (Å²) < 4.78 is 5.38. The van der Waals surface area contributed by atoms with Gasteiger partial charge in [0, 0.05) is 11.1 Å². The minimum Gasteiger partial charge on any atom is -0.457 e. The van der Waals surface area contributed by atoms with Gasteiger partial charge in [0.1, 0.15) is 5.25 Å². The Kier molecular flexibility index (Phi) is 6.24. The van der Waals surface area contributed by atoms with Gasteiger partial charge in [0.2, 0.25) is 5.91 Å². The Morgan fingerprint density at radius 2 is 1.63 bits per heavy atom. The molecule has 1 N–H and O–H groups in total. The molecule has 0 aromatic heterocycles. The highest BCUT2D eigenvalue weighted by molar-refractivity contribution is 8.01. The van der Waals surface area contributed by atoms with Gasteiger partial charge < -0.3 is 10.1 Å². The molecule has 4 aliphatic carbocycles. The van der Waals surface area contributed by atoms with Crippen LogP contribution >= 0.6 is 11.8 Å². The molecule has 5 rings (SSSR count). The van der Waals surface area contributed by atoms with Gasteiger partial charge in [-0.3, -0.25) is 14.4 Å². The van der Waals surface area contributed by atoms with Crippen molar-refractivity contribution in [2.45, 2.75) is 57.6 Å². The Morgan fingerprint density at radius 3 is 2.20 bits per heavy atom. The van der Waals surface area contributed by atoms with Crippen LogP contribution in [0.5, 0.6) is 0 Å². The van der Waals surface area contributed by atoms with E-state index in [1.54, 1.807) is 6.92 Å². The summed E-state index contributed by atoms with van der Waals surface area (Å²) in [6.45, 7) is 3.59. The van der Waals surface area contributed by atoms with Crippen molar-refractivity contribution in [2.24, 2.45) is 23.2 Å². The maximum atomic E-state index is 13.0. The van der Waals surface area contributed by atoms with Crippen LogP contribution in [0.25, 0.3) is 0 Å². The first kappa shape index (κ1) is 21.4. The summed E-state index contributed by atoms with van der Waals surface area (Å²) in [5.41, 5.74) is 1.63. The molecule has 1 atom stereocenters.